The van der Waals surface area contributed by atoms with E-state index in [0.717, 1.165) is 51.1 Å². The Hall–Kier alpha value is -3.50. The molecule has 3 saturated heterocycles. The van der Waals surface area contributed by atoms with Gasteiger partial charge in [-0.1, -0.05) is 0 Å². The summed E-state index contributed by atoms with van der Waals surface area (Å²) in [7, 11) is 1.45. The molecular weight excluding hydrogens is 491 g/mol. The second-order valence-electron chi connectivity index (χ2n) is 11.3. The van der Waals surface area contributed by atoms with Crippen LogP contribution in [0.15, 0.2) is 18.3 Å². The van der Waals surface area contributed by atoms with E-state index in [4.69, 9.17) is 4.74 Å². The number of halogens is 1. The molecule has 4 fully saturated rings. The molecule has 1 aliphatic carbocycles. The number of aromatic amines is 1. The van der Waals surface area contributed by atoms with Crippen molar-refractivity contribution in [3.8, 4) is 17.1 Å². The third kappa shape index (κ3) is 4.52. The van der Waals surface area contributed by atoms with Crippen LogP contribution in [-0.4, -0.2) is 68.6 Å². The fourth-order valence-corrected chi connectivity index (χ4v) is 6.94. The van der Waals surface area contributed by atoms with Crippen molar-refractivity contribution in [2.45, 2.75) is 87.9 Å². The summed E-state index contributed by atoms with van der Waals surface area (Å²) in [6.07, 6.45) is 9.12. The van der Waals surface area contributed by atoms with Crippen LogP contribution in [0.2, 0.25) is 0 Å². The minimum Gasteiger partial charge on any atom is -0.481 e. The highest BCUT2D eigenvalue weighted by Gasteiger charge is 2.46. The molecule has 5 heterocycles. The predicted molar refractivity (Wildman–Crippen MR) is 135 cm³/mol. The van der Waals surface area contributed by atoms with Crippen LogP contribution in [0.3, 0.4) is 0 Å². The van der Waals surface area contributed by atoms with Crippen LogP contribution in [0.4, 0.5) is 4.39 Å². The molecule has 3 atom stereocenters. The van der Waals surface area contributed by atoms with Crippen molar-refractivity contribution in [3.05, 3.63) is 29.8 Å². The van der Waals surface area contributed by atoms with Crippen LogP contribution >= 0.6 is 0 Å². The molecule has 1 spiro atoms. The Morgan fingerprint density at radius 1 is 1.13 bits per heavy atom. The van der Waals surface area contributed by atoms with Gasteiger partial charge in [-0.3, -0.25) is 19.5 Å². The fraction of sp³-hybridized carbons (Fsp3) is 0.593. The summed E-state index contributed by atoms with van der Waals surface area (Å²) in [6.45, 7) is 0. The molecule has 3 amide bonds. The Balaban J connectivity index is 1.07. The van der Waals surface area contributed by atoms with Gasteiger partial charge in [0.1, 0.15) is 0 Å². The summed E-state index contributed by atoms with van der Waals surface area (Å²) < 4.78 is 19.4. The molecule has 3 N–H and O–H groups in total. The molecular formula is C27H33FN6O4. The molecule has 2 bridgehead atoms. The monoisotopic (exact) mass is 524 g/mol. The summed E-state index contributed by atoms with van der Waals surface area (Å²) in [5, 5.41) is 13.4. The van der Waals surface area contributed by atoms with Crippen molar-refractivity contribution in [1.82, 2.24) is 30.7 Å². The third-order valence-corrected chi connectivity index (χ3v) is 8.99. The van der Waals surface area contributed by atoms with Crippen LogP contribution in [0.1, 0.15) is 74.7 Å². The van der Waals surface area contributed by atoms with Crippen LogP contribution in [0.25, 0.3) is 11.3 Å². The highest BCUT2D eigenvalue weighted by atomic mass is 19.1. The summed E-state index contributed by atoms with van der Waals surface area (Å²) in [5.41, 5.74) is 0.764. The molecule has 3 aliphatic heterocycles. The lowest BCUT2D eigenvalue weighted by Gasteiger charge is -2.40. The van der Waals surface area contributed by atoms with E-state index in [-0.39, 0.29) is 64.4 Å². The van der Waals surface area contributed by atoms with Gasteiger partial charge in [0.25, 0.3) is 5.91 Å². The van der Waals surface area contributed by atoms with Gasteiger partial charge in [0.15, 0.2) is 11.5 Å². The lowest BCUT2D eigenvalue weighted by atomic mass is 9.78. The van der Waals surface area contributed by atoms with Gasteiger partial charge in [-0.05, 0) is 63.9 Å². The SMILES string of the molecule is COc1cc(-c2cc(C(=O)N3[C@@H]4CC[C@H]3CC(C(=O)NC3CCC5(CCC(=O)N5)CC3)C4)n[nH]2)c(F)cn1. The Morgan fingerprint density at radius 3 is 2.53 bits per heavy atom. The molecule has 6 rings (SSSR count). The fourth-order valence-electron chi connectivity index (χ4n) is 6.94. The number of hydrogen-bond acceptors (Lipinski definition) is 6. The van der Waals surface area contributed by atoms with Gasteiger partial charge in [0.05, 0.1) is 19.0 Å². The van der Waals surface area contributed by atoms with E-state index in [0.29, 0.717) is 25.0 Å². The van der Waals surface area contributed by atoms with Crippen molar-refractivity contribution in [1.29, 1.82) is 0 Å². The minimum atomic E-state index is -0.540. The van der Waals surface area contributed by atoms with Gasteiger partial charge >= 0.3 is 0 Å². The molecule has 1 saturated carbocycles. The second kappa shape index (κ2) is 9.67. The van der Waals surface area contributed by atoms with E-state index in [1.54, 1.807) is 6.07 Å². The first-order chi connectivity index (χ1) is 18.3. The van der Waals surface area contributed by atoms with E-state index >= 15 is 0 Å². The Morgan fingerprint density at radius 2 is 1.87 bits per heavy atom. The molecule has 202 valence electrons. The molecule has 2 aromatic rings. The number of methoxy groups -OCH3 is 1. The number of hydrogen-bond donors (Lipinski definition) is 3. The quantitative estimate of drug-likeness (QED) is 0.552. The maximum Gasteiger partial charge on any atom is 0.274 e. The number of aromatic nitrogens is 3. The number of ether oxygens (including phenoxy) is 1. The second-order valence-corrected chi connectivity index (χ2v) is 11.3. The standard InChI is InChI=1S/C27H33FN6O4/c1-38-24-12-19(20(28)14-29-24)21-13-22(33-32-21)26(37)34-17-2-3-18(34)11-15(10-17)25(36)30-16-4-7-27(8-5-16)9-6-23(35)31-27/h12-18H,2-11H2,1H3,(H,30,36)(H,31,35)(H,32,33)/t15?,16?,17-,18+,27?. The first-order valence-corrected chi connectivity index (χ1v) is 13.5. The van der Waals surface area contributed by atoms with Crippen LogP contribution in [0, 0.1) is 11.7 Å². The van der Waals surface area contributed by atoms with Crippen LogP contribution in [0.5, 0.6) is 5.88 Å². The molecule has 11 heteroatoms. The zero-order chi connectivity index (χ0) is 26.4. The van der Waals surface area contributed by atoms with E-state index in [1.165, 1.54) is 13.2 Å². The highest BCUT2D eigenvalue weighted by molar-refractivity contribution is 5.94. The minimum absolute atomic E-state index is 0.0155. The Bertz CT molecular complexity index is 1240. The van der Waals surface area contributed by atoms with Crippen molar-refractivity contribution >= 4 is 17.7 Å². The number of rotatable bonds is 5. The zero-order valence-electron chi connectivity index (χ0n) is 21.5. The number of nitrogens with zero attached hydrogens (tertiary/aromatic N) is 3. The number of H-pyrrole nitrogens is 1. The predicted octanol–water partition coefficient (Wildman–Crippen LogP) is 2.71. The van der Waals surface area contributed by atoms with E-state index < -0.39 is 5.82 Å². The van der Waals surface area contributed by atoms with Gasteiger partial charge in [-0.15, -0.1) is 0 Å². The number of nitrogens with one attached hydrogen (secondary N) is 3. The number of piperidine rings is 1. The summed E-state index contributed by atoms with van der Waals surface area (Å²) in [6, 6.07) is 3.12. The van der Waals surface area contributed by atoms with E-state index in [2.05, 4.69) is 25.8 Å². The Kier molecular flexibility index (Phi) is 6.31. The van der Waals surface area contributed by atoms with Gasteiger partial charge < -0.3 is 20.3 Å². The molecule has 0 aromatic carbocycles. The largest absolute Gasteiger partial charge is 0.481 e. The summed E-state index contributed by atoms with van der Waals surface area (Å²) in [4.78, 5) is 44.0. The molecule has 1 unspecified atom stereocenters. The maximum absolute atomic E-state index is 14.4. The van der Waals surface area contributed by atoms with Crippen molar-refractivity contribution in [2.75, 3.05) is 7.11 Å². The molecule has 38 heavy (non-hydrogen) atoms. The van der Waals surface area contributed by atoms with Gasteiger partial charge in [-0.25, -0.2) is 9.37 Å². The maximum atomic E-state index is 14.4. The number of amides is 3. The van der Waals surface area contributed by atoms with Crippen LogP contribution < -0.4 is 15.4 Å². The lowest BCUT2D eigenvalue weighted by molar-refractivity contribution is -0.128. The van der Waals surface area contributed by atoms with Crippen LogP contribution in [-0.2, 0) is 9.59 Å². The zero-order valence-corrected chi connectivity index (χ0v) is 21.5. The van der Waals surface area contributed by atoms with Gasteiger partial charge in [0, 0.05) is 47.6 Å². The van der Waals surface area contributed by atoms with E-state index in [9.17, 15) is 18.8 Å². The lowest BCUT2D eigenvalue weighted by Crippen LogP contribution is -2.52. The molecule has 2 aromatic heterocycles. The van der Waals surface area contributed by atoms with E-state index in [1.807, 2.05) is 4.90 Å². The molecule has 10 nitrogen and oxygen atoms in total. The number of pyridine rings is 1. The normalized spacial score (nSPS) is 30.4. The van der Waals surface area contributed by atoms with Crippen molar-refractivity contribution in [2.24, 2.45) is 5.92 Å². The average Bonchev–Trinajstić information content (AvgIpc) is 3.61. The van der Waals surface area contributed by atoms with Crippen molar-refractivity contribution < 1.29 is 23.5 Å². The van der Waals surface area contributed by atoms with Crippen molar-refractivity contribution in [3.63, 3.8) is 0 Å². The third-order valence-electron chi connectivity index (χ3n) is 8.99. The Labute approximate surface area is 220 Å². The average molecular weight is 525 g/mol. The smallest absolute Gasteiger partial charge is 0.274 e. The highest BCUT2D eigenvalue weighted by Crippen LogP contribution is 2.41. The first-order valence-electron chi connectivity index (χ1n) is 13.5. The molecule has 0 radical (unpaired) electrons. The topological polar surface area (TPSA) is 129 Å². The van der Waals surface area contributed by atoms with Gasteiger partial charge in [-0.2, -0.15) is 5.10 Å². The summed E-state index contributed by atoms with van der Waals surface area (Å²) in [5.74, 6) is -0.375. The molecule has 4 aliphatic rings. The first kappa shape index (κ1) is 24.8. The van der Waals surface area contributed by atoms with Gasteiger partial charge in [0.2, 0.25) is 17.7 Å². The summed E-state index contributed by atoms with van der Waals surface area (Å²) >= 11 is 0. The number of carbonyl (C=O) groups is 3. The number of fused-ring (bicyclic) bond motifs is 2. The number of carbonyl (C=O) groups excluding carboxylic acids is 3.